The fraction of sp³-hybridized carbons (Fsp3) is 0.875. The minimum atomic E-state index is -3.84. The number of carboxylic acid groups (broad SMARTS) is 1. The molecule has 1 saturated heterocycles. The van der Waals surface area contributed by atoms with E-state index in [9.17, 15) is 21.6 Å². The second-order valence-corrected chi connectivity index (χ2v) is 8.26. The molecular weight excluding hydrogens is 286 g/mol. The van der Waals surface area contributed by atoms with E-state index in [2.05, 4.69) is 9.46 Å². The molecule has 106 valence electrons. The number of rotatable bonds is 6. The lowest BCUT2D eigenvalue weighted by molar-refractivity contribution is -0.147. The Morgan fingerprint density at radius 2 is 2.17 bits per heavy atom. The van der Waals surface area contributed by atoms with Gasteiger partial charge in [-0.25, -0.2) is 26.4 Å². The molecular formula is C8H15NO7S2. The predicted molar refractivity (Wildman–Crippen MR) is 62.4 cm³/mol. The van der Waals surface area contributed by atoms with E-state index < -0.39 is 49.5 Å². The van der Waals surface area contributed by atoms with Gasteiger partial charge in [-0.1, -0.05) is 0 Å². The average molecular weight is 301 g/mol. The number of aliphatic carboxylic acids is 1. The summed E-state index contributed by atoms with van der Waals surface area (Å²) in [6, 6.07) is 0. The Balaban J connectivity index is 2.64. The third-order valence-electron chi connectivity index (χ3n) is 2.66. The van der Waals surface area contributed by atoms with E-state index in [4.69, 9.17) is 5.11 Å². The molecule has 0 aromatic heterocycles. The fourth-order valence-corrected chi connectivity index (χ4v) is 5.67. The quantitative estimate of drug-likeness (QED) is 0.592. The molecule has 2 N–H and O–H groups in total. The van der Waals surface area contributed by atoms with Gasteiger partial charge >= 0.3 is 5.97 Å². The third kappa shape index (κ3) is 3.90. The molecule has 0 bridgehead atoms. The normalized spacial score (nSPS) is 24.8. The van der Waals surface area contributed by atoms with Crippen molar-refractivity contribution in [3.8, 4) is 0 Å². The van der Waals surface area contributed by atoms with Gasteiger partial charge in [-0.2, -0.15) is 0 Å². The number of sulfone groups is 1. The molecule has 0 aromatic rings. The van der Waals surface area contributed by atoms with E-state index in [0.717, 1.165) is 7.11 Å². The van der Waals surface area contributed by atoms with Crippen molar-refractivity contribution in [1.29, 1.82) is 0 Å². The van der Waals surface area contributed by atoms with E-state index in [0.29, 0.717) is 0 Å². The van der Waals surface area contributed by atoms with Crippen LogP contribution < -0.4 is 4.72 Å². The van der Waals surface area contributed by atoms with Crippen molar-refractivity contribution in [2.24, 2.45) is 0 Å². The molecule has 1 rings (SSSR count). The van der Waals surface area contributed by atoms with Crippen LogP contribution in [0.5, 0.6) is 0 Å². The highest BCUT2D eigenvalue weighted by molar-refractivity contribution is 7.95. The summed E-state index contributed by atoms with van der Waals surface area (Å²) in [5, 5.41) is 7.64. The Morgan fingerprint density at radius 1 is 1.56 bits per heavy atom. The van der Waals surface area contributed by atoms with Gasteiger partial charge in [0.05, 0.1) is 16.8 Å². The minimum Gasteiger partial charge on any atom is -0.479 e. The summed E-state index contributed by atoms with van der Waals surface area (Å²) < 4.78 is 52.5. The van der Waals surface area contributed by atoms with Gasteiger partial charge in [0, 0.05) is 13.7 Å². The number of ether oxygens (including phenoxy) is 1. The highest BCUT2D eigenvalue weighted by atomic mass is 32.2. The lowest BCUT2D eigenvalue weighted by Crippen LogP contribution is -2.42. The number of hydrogen-bond acceptors (Lipinski definition) is 6. The van der Waals surface area contributed by atoms with Gasteiger partial charge in [0.2, 0.25) is 10.0 Å². The summed E-state index contributed by atoms with van der Waals surface area (Å²) in [4.78, 5) is 10.6. The monoisotopic (exact) mass is 301 g/mol. The van der Waals surface area contributed by atoms with Crippen LogP contribution in [0.4, 0.5) is 0 Å². The Kier molecular flexibility index (Phi) is 4.70. The van der Waals surface area contributed by atoms with E-state index in [1.54, 1.807) is 0 Å². The van der Waals surface area contributed by atoms with Crippen LogP contribution in [-0.4, -0.2) is 64.4 Å². The zero-order chi connectivity index (χ0) is 14.0. The third-order valence-corrected chi connectivity index (χ3v) is 6.49. The van der Waals surface area contributed by atoms with Gasteiger partial charge < -0.3 is 9.84 Å². The smallest absolute Gasteiger partial charge is 0.334 e. The van der Waals surface area contributed by atoms with Crippen molar-refractivity contribution in [1.82, 2.24) is 4.72 Å². The van der Waals surface area contributed by atoms with Crippen LogP contribution in [0.2, 0.25) is 0 Å². The average Bonchev–Trinajstić information content (AvgIpc) is 2.60. The van der Waals surface area contributed by atoms with Crippen molar-refractivity contribution in [2.45, 2.75) is 17.8 Å². The molecule has 0 aromatic carbocycles. The molecule has 0 aliphatic carbocycles. The summed E-state index contributed by atoms with van der Waals surface area (Å²) in [7, 11) is -6.00. The summed E-state index contributed by atoms with van der Waals surface area (Å²) in [5.41, 5.74) is 0. The Bertz CT molecular complexity index is 510. The van der Waals surface area contributed by atoms with E-state index in [1.807, 2.05) is 0 Å². The molecule has 8 nitrogen and oxygen atoms in total. The minimum absolute atomic E-state index is 0.0301. The van der Waals surface area contributed by atoms with Gasteiger partial charge in [-0.15, -0.1) is 0 Å². The highest BCUT2D eigenvalue weighted by Crippen LogP contribution is 2.18. The van der Waals surface area contributed by atoms with E-state index in [-0.39, 0.29) is 12.2 Å². The summed E-state index contributed by atoms with van der Waals surface area (Å²) in [6.07, 6.45) is -1.26. The molecule has 1 heterocycles. The fourth-order valence-electron chi connectivity index (χ4n) is 1.59. The van der Waals surface area contributed by atoms with Crippen LogP contribution in [0.15, 0.2) is 0 Å². The molecule has 0 amide bonds. The molecule has 1 aliphatic heterocycles. The van der Waals surface area contributed by atoms with Crippen molar-refractivity contribution in [3.05, 3.63) is 0 Å². The number of sulfonamides is 1. The van der Waals surface area contributed by atoms with Crippen LogP contribution in [0.25, 0.3) is 0 Å². The molecule has 0 spiro atoms. The predicted octanol–water partition coefficient (Wildman–Crippen LogP) is -1.81. The number of carboxylic acids is 1. The Morgan fingerprint density at radius 3 is 2.56 bits per heavy atom. The highest BCUT2D eigenvalue weighted by Gasteiger charge is 2.37. The maximum absolute atomic E-state index is 11.7. The first kappa shape index (κ1) is 15.3. The maximum atomic E-state index is 11.7. The molecule has 10 heteroatoms. The van der Waals surface area contributed by atoms with Crippen molar-refractivity contribution in [3.63, 3.8) is 0 Å². The zero-order valence-corrected chi connectivity index (χ0v) is 11.3. The van der Waals surface area contributed by atoms with E-state index in [1.165, 1.54) is 0 Å². The van der Waals surface area contributed by atoms with Gasteiger partial charge in [0.15, 0.2) is 15.9 Å². The molecule has 2 unspecified atom stereocenters. The largest absolute Gasteiger partial charge is 0.479 e. The van der Waals surface area contributed by atoms with Crippen LogP contribution in [0.3, 0.4) is 0 Å². The zero-order valence-electron chi connectivity index (χ0n) is 9.70. The molecule has 1 aliphatic rings. The molecule has 1 fully saturated rings. The standard InChI is InChI=1S/C8H15NO7S2/c1-16-7(8(10)11)4-9-18(14,15)6-2-3-17(12,13)5-6/h6-7,9H,2-5H2,1H3,(H,10,11). The van der Waals surface area contributed by atoms with Gasteiger partial charge in [0.1, 0.15) is 0 Å². The van der Waals surface area contributed by atoms with Crippen LogP contribution in [0, 0.1) is 0 Å². The molecule has 18 heavy (non-hydrogen) atoms. The van der Waals surface area contributed by atoms with Crippen molar-refractivity contribution < 1.29 is 31.5 Å². The Hall–Kier alpha value is -0.710. The van der Waals surface area contributed by atoms with Gasteiger partial charge in [-0.05, 0) is 6.42 Å². The van der Waals surface area contributed by atoms with Crippen molar-refractivity contribution in [2.75, 3.05) is 25.2 Å². The molecule has 2 atom stereocenters. The topological polar surface area (TPSA) is 127 Å². The lowest BCUT2D eigenvalue weighted by Gasteiger charge is -2.14. The van der Waals surface area contributed by atoms with Crippen molar-refractivity contribution >= 4 is 25.8 Å². The van der Waals surface area contributed by atoms with Gasteiger partial charge in [0.25, 0.3) is 0 Å². The Labute approximate surface area is 105 Å². The van der Waals surface area contributed by atoms with Crippen LogP contribution in [0.1, 0.15) is 6.42 Å². The second-order valence-electron chi connectivity index (χ2n) is 3.98. The number of methoxy groups -OCH3 is 1. The summed E-state index contributed by atoms with van der Waals surface area (Å²) in [5.74, 6) is -1.88. The summed E-state index contributed by atoms with van der Waals surface area (Å²) in [6.45, 7) is -0.426. The first-order valence-electron chi connectivity index (χ1n) is 5.12. The second kappa shape index (κ2) is 5.51. The number of hydrogen-bond donors (Lipinski definition) is 2. The lowest BCUT2D eigenvalue weighted by atomic mass is 10.4. The van der Waals surface area contributed by atoms with Crippen LogP contribution in [-0.2, 0) is 29.4 Å². The number of nitrogens with one attached hydrogen (secondary N) is 1. The summed E-state index contributed by atoms with van der Waals surface area (Å²) >= 11 is 0. The van der Waals surface area contributed by atoms with Gasteiger partial charge in [-0.3, -0.25) is 0 Å². The SMILES string of the molecule is COC(CNS(=O)(=O)C1CCS(=O)(=O)C1)C(=O)O. The maximum Gasteiger partial charge on any atom is 0.334 e. The molecule has 0 radical (unpaired) electrons. The number of carbonyl (C=O) groups is 1. The first-order valence-corrected chi connectivity index (χ1v) is 8.49. The first-order chi connectivity index (χ1) is 8.18. The van der Waals surface area contributed by atoms with E-state index >= 15 is 0 Å². The van der Waals surface area contributed by atoms with Crippen LogP contribution >= 0.6 is 0 Å². The molecule has 0 saturated carbocycles.